The lowest BCUT2D eigenvalue weighted by Gasteiger charge is -2.34. The van der Waals surface area contributed by atoms with Gasteiger partial charge in [-0.2, -0.15) is 0 Å². The first-order valence-electron chi connectivity index (χ1n) is 7.83. The van der Waals surface area contributed by atoms with Gasteiger partial charge in [-0.3, -0.25) is 4.79 Å². The topological polar surface area (TPSA) is 71.2 Å². The van der Waals surface area contributed by atoms with E-state index in [0.717, 1.165) is 38.3 Å². The third kappa shape index (κ3) is 4.17. The van der Waals surface area contributed by atoms with E-state index in [1.54, 1.807) is 0 Å². The first kappa shape index (κ1) is 15.8. The van der Waals surface area contributed by atoms with Crippen LogP contribution in [0.4, 0.5) is 5.82 Å². The molecule has 1 aliphatic heterocycles. The number of anilines is 1. The fraction of sp³-hybridized carbons (Fsp3) is 0.625. The monoisotopic (exact) mass is 290 g/mol. The van der Waals surface area contributed by atoms with Crippen LogP contribution in [-0.4, -0.2) is 30.5 Å². The number of aromatic nitrogens is 1. The molecule has 3 N–H and O–H groups in total. The summed E-state index contributed by atoms with van der Waals surface area (Å²) in [6, 6.07) is 4.43. The fourth-order valence-electron chi connectivity index (χ4n) is 3.06. The lowest BCUT2D eigenvalue weighted by atomic mass is 9.93. The summed E-state index contributed by atoms with van der Waals surface area (Å²) in [4.78, 5) is 17.9. The molecule has 1 aromatic rings. The van der Waals surface area contributed by atoms with Gasteiger partial charge in [0.05, 0.1) is 0 Å². The predicted molar refractivity (Wildman–Crippen MR) is 85.1 cm³/mol. The van der Waals surface area contributed by atoms with Crippen molar-refractivity contribution in [2.75, 3.05) is 24.5 Å². The SMILES string of the molecule is CCNC(C)c1cccnc1N1CCC(CC(N)=O)CC1. The molecule has 1 amide bonds. The number of amides is 1. The van der Waals surface area contributed by atoms with Crippen LogP contribution in [0.25, 0.3) is 0 Å². The summed E-state index contributed by atoms with van der Waals surface area (Å²) in [5.74, 6) is 1.31. The van der Waals surface area contributed by atoms with E-state index in [9.17, 15) is 4.79 Å². The molecular formula is C16H26N4O. The van der Waals surface area contributed by atoms with E-state index >= 15 is 0 Å². The molecule has 5 nitrogen and oxygen atoms in total. The molecule has 1 fully saturated rings. The zero-order valence-corrected chi connectivity index (χ0v) is 13.0. The van der Waals surface area contributed by atoms with Crippen molar-refractivity contribution >= 4 is 11.7 Å². The lowest BCUT2D eigenvalue weighted by molar-refractivity contribution is -0.119. The standard InChI is InChI=1S/C16H26N4O/c1-3-18-12(2)14-5-4-8-19-16(14)20-9-6-13(7-10-20)11-15(17)21/h4-5,8,12-13,18H,3,6-7,9-11H2,1-2H3,(H2,17,21). The number of hydrogen-bond donors (Lipinski definition) is 2. The molecule has 116 valence electrons. The number of piperidine rings is 1. The van der Waals surface area contributed by atoms with Gasteiger partial charge >= 0.3 is 0 Å². The van der Waals surface area contributed by atoms with Crippen LogP contribution in [0.2, 0.25) is 0 Å². The van der Waals surface area contributed by atoms with E-state index in [1.165, 1.54) is 5.56 Å². The van der Waals surface area contributed by atoms with E-state index in [1.807, 2.05) is 12.3 Å². The number of nitrogens with two attached hydrogens (primary N) is 1. The van der Waals surface area contributed by atoms with E-state index in [-0.39, 0.29) is 5.91 Å². The molecule has 5 heteroatoms. The Morgan fingerprint density at radius 2 is 2.24 bits per heavy atom. The Labute approximate surface area is 126 Å². The highest BCUT2D eigenvalue weighted by molar-refractivity contribution is 5.74. The number of hydrogen-bond acceptors (Lipinski definition) is 4. The second-order valence-electron chi connectivity index (χ2n) is 5.80. The van der Waals surface area contributed by atoms with Gasteiger partial charge in [-0.05, 0) is 38.3 Å². The van der Waals surface area contributed by atoms with Gasteiger partial charge in [0.1, 0.15) is 5.82 Å². The van der Waals surface area contributed by atoms with E-state index in [2.05, 4.69) is 35.1 Å². The zero-order valence-electron chi connectivity index (χ0n) is 13.0. The maximum absolute atomic E-state index is 11.0. The average molecular weight is 290 g/mol. The first-order valence-corrected chi connectivity index (χ1v) is 7.83. The molecule has 0 saturated carbocycles. The average Bonchev–Trinajstić information content (AvgIpc) is 2.48. The molecule has 2 heterocycles. The van der Waals surface area contributed by atoms with Gasteiger partial charge in [0, 0.05) is 37.3 Å². The summed E-state index contributed by atoms with van der Waals surface area (Å²) < 4.78 is 0. The minimum atomic E-state index is -0.187. The Bertz CT molecular complexity index is 469. The van der Waals surface area contributed by atoms with Crippen molar-refractivity contribution < 1.29 is 4.79 Å². The van der Waals surface area contributed by atoms with Gasteiger partial charge in [0.15, 0.2) is 0 Å². The Morgan fingerprint density at radius 3 is 2.86 bits per heavy atom. The molecular weight excluding hydrogens is 264 g/mol. The molecule has 0 bridgehead atoms. The number of carbonyl (C=O) groups excluding carboxylic acids is 1. The van der Waals surface area contributed by atoms with Crippen molar-refractivity contribution in [3.8, 4) is 0 Å². The van der Waals surface area contributed by atoms with Crippen LogP contribution >= 0.6 is 0 Å². The molecule has 1 saturated heterocycles. The maximum atomic E-state index is 11.0. The molecule has 1 atom stereocenters. The summed E-state index contributed by atoms with van der Waals surface area (Å²) in [5.41, 5.74) is 6.54. The normalized spacial score (nSPS) is 17.7. The second kappa shape index (κ2) is 7.41. The molecule has 1 aromatic heterocycles. The molecule has 1 unspecified atom stereocenters. The zero-order chi connectivity index (χ0) is 15.2. The van der Waals surface area contributed by atoms with Crippen LogP contribution in [-0.2, 0) is 4.79 Å². The van der Waals surface area contributed by atoms with Crippen LogP contribution in [0.5, 0.6) is 0 Å². The number of carbonyl (C=O) groups is 1. The molecule has 0 aliphatic carbocycles. The van der Waals surface area contributed by atoms with Gasteiger partial charge in [-0.15, -0.1) is 0 Å². The van der Waals surface area contributed by atoms with E-state index in [0.29, 0.717) is 18.4 Å². The van der Waals surface area contributed by atoms with E-state index in [4.69, 9.17) is 5.73 Å². The van der Waals surface area contributed by atoms with Crippen molar-refractivity contribution in [2.24, 2.45) is 11.7 Å². The smallest absolute Gasteiger partial charge is 0.217 e. The van der Waals surface area contributed by atoms with Gasteiger partial charge in [0.25, 0.3) is 0 Å². The maximum Gasteiger partial charge on any atom is 0.217 e. The van der Waals surface area contributed by atoms with Crippen LogP contribution in [0.1, 0.15) is 44.7 Å². The second-order valence-corrected chi connectivity index (χ2v) is 5.80. The molecule has 0 spiro atoms. The molecule has 2 rings (SSSR count). The number of rotatable bonds is 6. The third-order valence-corrected chi connectivity index (χ3v) is 4.20. The van der Waals surface area contributed by atoms with Crippen molar-refractivity contribution in [1.82, 2.24) is 10.3 Å². The highest BCUT2D eigenvalue weighted by atomic mass is 16.1. The van der Waals surface area contributed by atoms with Gasteiger partial charge in [0.2, 0.25) is 5.91 Å². The fourth-order valence-corrected chi connectivity index (χ4v) is 3.06. The number of pyridine rings is 1. The van der Waals surface area contributed by atoms with Crippen molar-refractivity contribution in [1.29, 1.82) is 0 Å². The summed E-state index contributed by atoms with van der Waals surface area (Å²) in [5, 5.41) is 3.45. The van der Waals surface area contributed by atoms with Crippen LogP contribution in [0.15, 0.2) is 18.3 Å². The highest BCUT2D eigenvalue weighted by Crippen LogP contribution is 2.28. The van der Waals surface area contributed by atoms with Crippen molar-refractivity contribution in [3.05, 3.63) is 23.9 Å². The minimum Gasteiger partial charge on any atom is -0.370 e. The molecule has 1 aliphatic rings. The predicted octanol–water partition coefficient (Wildman–Crippen LogP) is 1.84. The summed E-state index contributed by atoms with van der Waals surface area (Å²) in [6.45, 7) is 7.11. The van der Waals surface area contributed by atoms with E-state index < -0.39 is 0 Å². The van der Waals surface area contributed by atoms with Crippen LogP contribution in [0, 0.1) is 5.92 Å². The molecule has 0 aromatic carbocycles. The van der Waals surface area contributed by atoms with Crippen molar-refractivity contribution in [3.63, 3.8) is 0 Å². The summed E-state index contributed by atoms with van der Waals surface area (Å²) in [7, 11) is 0. The van der Waals surface area contributed by atoms with Crippen molar-refractivity contribution in [2.45, 2.75) is 39.2 Å². The molecule has 21 heavy (non-hydrogen) atoms. The van der Waals surface area contributed by atoms with Crippen LogP contribution in [0.3, 0.4) is 0 Å². The number of nitrogens with zero attached hydrogens (tertiary/aromatic N) is 2. The quantitative estimate of drug-likeness (QED) is 0.838. The summed E-state index contributed by atoms with van der Waals surface area (Å²) >= 11 is 0. The number of nitrogens with one attached hydrogen (secondary N) is 1. The lowest BCUT2D eigenvalue weighted by Crippen LogP contribution is -2.36. The summed E-state index contributed by atoms with van der Waals surface area (Å²) in [6.07, 6.45) is 4.38. The van der Waals surface area contributed by atoms with Gasteiger partial charge < -0.3 is 16.0 Å². The minimum absolute atomic E-state index is 0.187. The Balaban J connectivity index is 2.04. The highest BCUT2D eigenvalue weighted by Gasteiger charge is 2.23. The largest absolute Gasteiger partial charge is 0.370 e. The first-order chi connectivity index (χ1) is 10.1. The van der Waals surface area contributed by atoms with Gasteiger partial charge in [-0.25, -0.2) is 4.98 Å². The Hall–Kier alpha value is -1.62. The molecule has 0 radical (unpaired) electrons. The number of primary amides is 1. The Morgan fingerprint density at radius 1 is 1.52 bits per heavy atom. The third-order valence-electron chi connectivity index (χ3n) is 4.20. The Kier molecular flexibility index (Phi) is 5.56. The van der Waals surface area contributed by atoms with Crippen LogP contribution < -0.4 is 16.0 Å². The van der Waals surface area contributed by atoms with Gasteiger partial charge in [-0.1, -0.05) is 13.0 Å².